The minimum atomic E-state index is 0.882. The number of fused-ring (bicyclic) bond motifs is 2. The van der Waals surface area contributed by atoms with Crippen molar-refractivity contribution in [3.8, 4) is 11.5 Å². The summed E-state index contributed by atoms with van der Waals surface area (Å²) in [5, 5.41) is 2.42. The van der Waals surface area contributed by atoms with E-state index < -0.39 is 0 Å². The van der Waals surface area contributed by atoms with E-state index in [4.69, 9.17) is 9.40 Å². The summed E-state index contributed by atoms with van der Waals surface area (Å²) in [6, 6.07) is 14.8. The number of rotatable bonds is 2. The maximum Gasteiger partial charge on any atom is 0.156 e. The fraction of sp³-hybridized carbons (Fsp3) is 0.227. The molecule has 2 heteroatoms. The van der Waals surface area contributed by atoms with Crippen LogP contribution in [0, 0.1) is 20.8 Å². The molecule has 0 fully saturated rings. The lowest BCUT2D eigenvalue weighted by Gasteiger charge is -2.11. The molecule has 0 spiro atoms. The minimum Gasteiger partial charge on any atom is -0.454 e. The number of aromatic nitrogens is 1. The lowest BCUT2D eigenvalue weighted by atomic mass is 9.99. The third-order valence-corrected chi connectivity index (χ3v) is 4.79. The zero-order valence-electron chi connectivity index (χ0n) is 14.6. The van der Waals surface area contributed by atoms with Crippen LogP contribution in [0.3, 0.4) is 0 Å². The highest BCUT2D eigenvalue weighted by Crippen LogP contribution is 2.34. The Kier molecular flexibility index (Phi) is 3.42. The fourth-order valence-corrected chi connectivity index (χ4v) is 3.58. The highest BCUT2D eigenvalue weighted by molar-refractivity contribution is 5.91. The molecule has 4 rings (SSSR count). The van der Waals surface area contributed by atoms with Gasteiger partial charge < -0.3 is 4.42 Å². The summed E-state index contributed by atoms with van der Waals surface area (Å²) in [6.45, 7) is 8.59. The van der Waals surface area contributed by atoms with E-state index in [2.05, 4.69) is 52.0 Å². The Labute approximate surface area is 142 Å². The van der Waals surface area contributed by atoms with Gasteiger partial charge in [-0.3, -0.25) is 0 Å². The zero-order valence-corrected chi connectivity index (χ0v) is 14.6. The Morgan fingerprint density at radius 2 is 1.75 bits per heavy atom. The molecule has 120 valence electrons. The number of nitrogens with zero attached hydrogens (tertiary/aromatic N) is 1. The summed E-state index contributed by atoms with van der Waals surface area (Å²) in [7, 11) is 0. The molecule has 24 heavy (non-hydrogen) atoms. The molecule has 0 unspecified atom stereocenters. The maximum atomic E-state index is 6.13. The molecule has 0 saturated carbocycles. The van der Waals surface area contributed by atoms with Crippen molar-refractivity contribution in [3.05, 3.63) is 64.7 Å². The molecule has 0 amide bonds. The van der Waals surface area contributed by atoms with Crippen molar-refractivity contribution < 1.29 is 4.42 Å². The lowest BCUT2D eigenvalue weighted by molar-refractivity contribution is 0.626. The molecule has 0 aliphatic carbocycles. The largest absolute Gasteiger partial charge is 0.454 e. The van der Waals surface area contributed by atoms with Crippen molar-refractivity contribution in [3.63, 3.8) is 0 Å². The van der Waals surface area contributed by atoms with Gasteiger partial charge in [0, 0.05) is 16.3 Å². The number of benzene rings is 2. The van der Waals surface area contributed by atoms with Crippen LogP contribution in [0.4, 0.5) is 0 Å². The third-order valence-electron chi connectivity index (χ3n) is 4.79. The van der Waals surface area contributed by atoms with Gasteiger partial charge in [-0.2, -0.15) is 0 Å². The minimum absolute atomic E-state index is 0.882. The number of para-hydroxylation sites is 1. The van der Waals surface area contributed by atoms with Crippen LogP contribution in [0.25, 0.3) is 33.3 Å². The van der Waals surface area contributed by atoms with E-state index in [0.29, 0.717) is 0 Å². The summed E-state index contributed by atoms with van der Waals surface area (Å²) >= 11 is 0. The summed E-state index contributed by atoms with van der Waals surface area (Å²) < 4.78 is 6.13. The average molecular weight is 315 g/mol. The van der Waals surface area contributed by atoms with E-state index in [0.717, 1.165) is 39.9 Å². The Morgan fingerprint density at radius 1 is 0.958 bits per heavy atom. The molecule has 2 nitrogen and oxygen atoms in total. The topological polar surface area (TPSA) is 26.0 Å². The monoisotopic (exact) mass is 315 g/mol. The highest BCUT2D eigenvalue weighted by atomic mass is 16.3. The van der Waals surface area contributed by atoms with E-state index in [1.807, 2.05) is 18.2 Å². The number of aryl methyl sites for hydroxylation is 4. The maximum absolute atomic E-state index is 6.13. The second-order valence-electron chi connectivity index (χ2n) is 6.55. The molecule has 2 heterocycles. The van der Waals surface area contributed by atoms with Crippen LogP contribution in [0.1, 0.15) is 29.2 Å². The molecule has 2 aromatic carbocycles. The van der Waals surface area contributed by atoms with Crippen LogP contribution in [0.5, 0.6) is 0 Å². The lowest BCUT2D eigenvalue weighted by Crippen LogP contribution is -1.94. The number of pyridine rings is 1. The smallest absolute Gasteiger partial charge is 0.156 e. The first-order valence-corrected chi connectivity index (χ1v) is 8.48. The van der Waals surface area contributed by atoms with Gasteiger partial charge in [-0.05, 0) is 56.5 Å². The van der Waals surface area contributed by atoms with Crippen LogP contribution >= 0.6 is 0 Å². The Balaban J connectivity index is 2.04. The molecule has 0 aliphatic rings. The predicted octanol–water partition coefficient (Wildman–Crippen LogP) is 6.14. The van der Waals surface area contributed by atoms with Crippen molar-refractivity contribution in [2.45, 2.75) is 34.1 Å². The standard InChI is InChI=1S/C22H21NO/c1-5-16-12-19(23-21-14(3)10-13(2)11-18(16)21)22-15(4)17-8-6-7-9-20(17)24-22/h6-12H,5H2,1-4H3. The number of hydrogen-bond acceptors (Lipinski definition) is 2. The number of furan rings is 1. The van der Waals surface area contributed by atoms with Gasteiger partial charge in [-0.15, -0.1) is 0 Å². The zero-order chi connectivity index (χ0) is 16.8. The third kappa shape index (κ3) is 2.22. The molecule has 0 bridgehead atoms. The second kappa shape index (κ2) is 5.48. The molecular formula is C22H21NO. The predicted molar refractivity (Wildman–Crippen MR) is 101 cm³/mol. The fourth-order valence-electron chi connectivity index (χ4n) is 3.58. The molecule has 0 saturated heterocycles. The van der Waals surface area contributed by atoms with Crippen molar-refractivity contribution in [1.82, 2.24) is 4.98 Å². The second-order valence-corrected chi connectivity index (χ2v) is 6.55. The molecule has 2 aromatic heterocycles. The first-order chi connectivity index (χ1) is 11.6. The van der Waals surface area contributed by atoms with Gasteiger partial charge in [0.05, 0.1) is 5.52 Å². The Bertz CT molecular complexity index is 1070. The van der Waals surface area contributed by atoms with Gasteiger partial charge in [0.2, 0.25) is 0 Å². The Hall–Kier alpha value is -2.61. The van der Waals surface area contributed by atoms with Gasteiger partial charge in [-0.25, -0.2) is 4.98 Å². The quantitative estimate of drug-likeness (QED) is 0.444. The molecule has 0 N–H and O–H groups in total. The van der Waals surface area contributed by atoms with Gasteiger partial charge in [-0.1, -0.05) is 36.8 Å². The molecular weight excluding hydrogens is 294 g/mol. The van der Waals surface area contributed by atoms with E-state index in [9.17, 15) is 0 Å². The van der Waals surface area contributed by atoms with Gasteiger partial charge >= 0.3 is 0 Å². The van der Waals surface area contributed by atoms with Crippen molar-refractivity contribution in [1.29, 1.82) is 0 Å². The first kappa shape index (κ1) is 14.9. The van der Waals surface area contributed by atoms with Gasteiger partial charge in [0.25, 0.3) is 0 Å². The summed E-state index contributed by atoms with van der Waals surface area (Å²) in [5.74, 6) is 0.882. The van der Waals surface area contributed by atoms with E-state index in [-0.39, 0.29) is 0 Å². The van der Waals surface area contributed by atoms with Crippen LogP contribution < -0.4 is 0 Å². The molecule has 0 radical (unpaired) electrons. The van der Waals surface area contributed by atoms with Crippen LogP contribution in [-0.4, -0.2) is 4.98 Å². The first-order valence-electron chi connectivity index (χ1n) is 8.48. The van der Waals surface area contributed by atoms with Gasteiger partial charge in [0.1, 0.15) is 11.3 Å². The molecule has 0 aliphatic heterocycles. The SMILES string of the molecule is CCc1cc(-c2oc3ccccc3c2C)nc2c(C)cc(C)cc12. The molecule has 4 aromatic rings. The van der Waals surface area contributed by atoms with Crippen LogP contribution in [0.2, 0.25) is 0 Å². The van der Waals surface area contributed by atoms with E-state index in [1.54, 1.807) is 0 Å². The van der Waals surface area contributed by atoms with E-state index in [1.165, 1.54) is 22.1 Å². The van der Waals surface area contributed by atoms with Crippen LogP contribution in [0.15, 0.2) is 46.9 Å². The summed E-state index contributed by atoms with van der Waals surface area (Å²) in [5.41, 5.74) is 7.91. The van der Waals surface area contributed by atoms with Crippen LogP contribution in [-0.2, 0) is 6.42 Å². The normalized spacial score (nSPS) is 11.5. The highest BCUT2D eigenvalue weighted by Gasteiger charge is 2.16. The molecule has 0 atom stereocenters. The van der Waals surface area contributed by atoms with E-state index >= 15 is 0 Å². The summed E-state index contributed by atoms with van der Waals surface area (Å²) in [6.07, 6.45) is 0.980. The summed E-state index contributed by atoms with van der Waals surface area (Å²) in [4.78, 5) is 4.96. The Morgan fingerprint density at radius 3 is 2.50 bits per heavy atom. The van der Waals surface area contributed by atoms with Crippen molar-refractivity contribution in [2.75, 3.05) is 0 Å². The van der Waals surface area contributed by atoms with Crippen molar-refractivity contribution in [2.24, 2.45) is 0 Å². The number of hydrogen-bond donors (Lipinski definition) is 0. The van der Waals surface area contributed by atoms with Gasteiger partial charge in [0.15, 0.2) is 5.76 Å². The van der Waals surface area contributed by atoms with Crippen molar-refractivity contribution >= 4 is 21.9 Å². The average Bonchev–Trinajstić information content (AvgIpc) is 2.91.